The Morgan fingerprint density at radius 1 is 1.22 bits per heavy atom. The fourth-order valence-corrected chi connectivity index (χ4v) is 1.40. The first kappa shape index (κ1) is 14.2. The van der Waals surface area contributed by atoms with Crippen LogP contribution in [0.2, 0.25) is 0 Å². The van der Waals surface area contributed by atoms with Crippen molar-refractivity contribution in [1.82, 2.24) is 0 Å². The Morgan fingerprint density at radius 2 is 1.83 bits per heavy atom. The molecule has 0 bridgehead atoms. The summed E-state index contributed by atoms with van der Waals surface area (Å²) in [5.41, 5.74) is 2.20. The van der Waals surface area contributed by atoms with Crippen LogP contribution in [0.5, 0.6) is 0 Å². The normalized spacial score (nSPS) is 9.89. The van der Waals surface area contributed by atoms with E-state index in [1.165, 1.54) is 0 Å². The Bertz CT molecular complexity index is 443. The quantitative estimate of drug-likeness (QED) is 0.335. The van der Waals surface area contributed by atoms with Crippen LogP contribution in [0.15, 0.2) is 36.4 Å². The second-order valence-corrected chi connectivity index (χ2v) is 4.31. The van der Waals surface area contributed by atoms with Crippen molar-refractivity contribution in [3.8, 4) is 0 Å². The SMILES string of the molecule is C=C(C)C(=O)OCCCC(=O)c1ccc(C)cc1. The number of rotatable bonds is 6. The molecule has 0 aliphatic heterocycles. The van der Waals surface area contributed by atoms with Gasteiger partial charge in [-0.1, -0.05) is 36.4 Å². The lowest BCUT2D eigenvalue weighted by Gasteiger charge is -2.04. The molecule has 0 heterocycles. The van der Waals surface area contributed by atoms with Gasteiger partial charge in [-0.15, -0.1) is 0 Å². The number of hydrogen-bond donors (Lipinski definition) is 0. The topological polar surface area (TPSA) is 43.4 Å². The number of esters is 1. The monoisotopic (exact) mass is 246 g/mol. The van der Waals surface area contributed by atoms with Gasteiger partial charge in [-0.3, -0.25) is 4.79 Å². The van der Waals surface area contributed by atoms with Crippen LogP contribution < -0.4 is 0 Å². The molecular weight excluding hydrogens is 228 g/mol. The van der Waals surface area contributed by atoms with E-state index in [2.05, 4.69) is 6.58 Å². The van der Waals surface area contributed by atoms with Crippen LogP contribution in [-0.4, -0.2) is 18.4 Å². The van der Waals surface area contributed by atoms with Crippen molar-refractivity contribution in [3.05, 3.63) is 47.5 Å². The maximum Gasteiger partial charge on any atom is 0.333 e. The average molecular weight is 246 g/mol. The molecule has 0 radical (unpaired) electrons. The summed E-state index contributed by atoms with van der Waals surface area (Å²) >= 11 is 0. The molecule has 0 saturated heterocycles. The van der Waals surface area contributed by atoms with Gasteiger partial charge in [0.25, 0.3) is 0 Å². The van der Waals surface area contributed by atoms with Crippen LogP contribution in [0, 0.1) is 6.92 Å². The van der Waals surface area contributed by atoms with Crippen LogP contribution in [0.4, 0.5) is 0 Å². The zero-order chi connectivity index (χ0) is 13.5. The Labute approximate surface area is 107 Å². The first-order valence-corrected chi connectivity index (χ1v) is 5.93. The van der Waals surface area contributed by atoms with E-state index in [1.54, 1.807) is 6.92 Å². The maximum atomic E-state index is 11.8. The molecule has 0 fully saturated rings. The number of carbonyl (C=O) groups is 2. The number of ether oxygens (including phenoxy) is 1. The lowest BCUT2D eigenvalue weighted by Crippen LogP contribution is -2.08. The van der Waals surface area contributed by atoms with E-state index in [9.17, 15) is 9.59 Å². The van der Waals surface area contributed by atoms with Crippen LogP contribution in [0.25, 0.3) is 0 Å². The van der Waals surface area contributed by atoms with Gasteiger partial charge in [0, 0.05) is 17.6 Å². The van der Waals surface area contributed by atoms with E-state index >= 15 is 0 Å². The highest BCUT2D eigenvalue weighted by Gasteiger charge is 2.07. The smallest absolute Gasteiger partial charge is 0.333 e. The maximum absolute atomic E-state index is 11.8. The molecule has 96 valence electrons. The molecule has 0 spiro atoms. The third-order valence-corrected chi connectivity index (χ3v) is 2.50. The van der Waals surface area contributed by atoms with Crippen molar-refractivity contribution in [2.45, 2.75) is 26.7 Å². The predicted molar refractivity (Wildman–Crippen MR) is 70.5 cm³/mol. The fourth-order valence-electron chi connectivity index (χ4n) is 1.40. The molecule has 0 aromatic heterocycles. The second-order valence-electron chi connectivity index (χ2n) is 4.31. The highest BCUT2D eigenvalue weighted by molar-refractivity contribution is 5.96. The van der Waals surface area contributed by atoms with Crippen LogP contribution in [0.3, 0.4) is 0 Å². The molecule has 3 nitrogen and oxygen atoms in total. The third-order valence-electron chi connectivity index (χ3n) is 2.50. The first-order valence-electron chi connectivity index (χ1n) is 5.93. The summed E-state index contributed by atoms with van der Waals surface area (Å²) < 4.78 is 4.92. The molecule has 18 heavy (non-hydrogen) atoms. The molecule has 0 aliphatic carbocycles. The highest BCUT2D eigenvalue weighted by Crippen LogP contribution is 2.07. The summed E-state index contributed by atoms with van der Waals surface area (Å²) in [6.07, 6.45) is 0.915. The lowest BCUT2D eigenvalue weighted by molar-refractivity contribution is -0.139. The molecule has 0 atom stereocenters. The van der Waals surface area contributed by atoms with Gasteiger partial charge in [-0.2, -0.15) is 0 Å². The Kier molecular flexibility index (Phi) is 5.31. The van der Waals surface area contributed by atoms with Gasteiger partial charge in [0.15, 0.2) is 5.78 Å². The zero-order valence-electron chi connectivity index (χ0n) is 10.9. The Morgan fingerprint density at radius 3 is 2.39 bits per heavy atom. The van der Waals surface area contributed by atoms with E-state index in [1.807, 2.05) is 31.2 Å². The minimum Gasteiger partial charge on any atom is -0.462 e. The number of hydrogen-bond acceptors (Lipinski definition) is 3. The Balaban J connectivity index is 2.32. The molecule has 0 N–H and O–H groups in total. The molecule has 0 unspecified atom stereocenters. The minimum absolute atomic E-state index is 0.0707. The summed E-state index contributed by atoms with van der Waals surface area (Å²) in [4.78, 5) is 22.9. The van der Waals surface area contributed by atoms with Gasteiger partial charge in [0.05, 0.1) is 6.61 Å². The predicted octanol–water partition coefficient (Wildman–Crippen LogP) is 3.08. The van der Waals surface area contributed by atoms with Crippen molar-refractivity contribution >= 4 is 11.8 Å². The number of ketones is 1. The van der Waals surface area contributed by atoms with Crippen molar-refractivity contribution < 1.29 is 14.3 Å². The van der Waals surface area contributed by atoms with Crippen molar-refractivity contribution in [3.63, 3.8) is 0 Å². The van der Waals surface area contributed by atoms with Crippen molar-refractivity contribution in [2.24, 2.45) is 0 Å². The van der Waals surface area contributed by atoms with E-state index in [0.717, 1.165) is 5.56 Å². The van der Waals surface area contributed by atoms with Crippen LogP contribution in [-0.2, 0) is 9.53 Å². The molecule has 1 rings (SSSR count). The van der Waals surface area contributed by atoms with Gasteiger partial charge in [-0.05, 0) is 20.3 Å². The molecule has 0 saturated carbocycles. The van der Waals surface area contributed by atoms with Crippen LogP contribution >= 0.6 is 0 Å². The molecule has 0 amide bonds. The number of aryl methyl sites for hydroxylation is 1. The third kappa shape index (κ3) is 4.53. The van der Waals surface area contributed by atoms with E-state index < -0.39 is 5.97 Å². The summed E-state index contributed by atoms with van der Waals surface area (Å²) in [5.74, 6) is -0.334. The number of benzene rings is 1. The molecule has 0 aliphatic rings. The van der Waals surface area contributed by atoms with Gasteiger partial charge >= 0.3 is 5.97 Å². The van der Waals surface area contributed by atoms with Gasteiger partial charge in [0.1, 0.15) is 0 Å². The summed E-state index contributed by atoms with van der Waals surface area (Å²) in [7, 11) is 0. The Hall–Kier alpha value is -1.90. The highest BCUT2D eigenvalue weighted by atomic mass is 16.5. The fraction of sp³-hybridized carbons (Fsp3) is 0.333. The molecule has 3 heteroatoms. The number of carbonyl (C=O) groups excluding carboxylic acids is 2. The lowest BCUT2D eigenvalue weighted by atomic mass is 10.1. The van der Waals surface area contributed by atoms with Crippen molar-refractivity contribution in [1.29, 1.82) is 0 Å². The average Bonchev–Trinajstić information content (AvgIpc) is 2.34. The van der Waals surface area contributed by atoms with Gasteiger partial charge in [0.2, 0.25) is 0 Å². The number of Topliss-reactive ketones (excluding diaryl/α,β-unsaturated/α-hetero) is 1. The summed E-state index contributed by atoms with van der Waals surface area (Å²) in [6, 6.07) is 7.46. The molecule has 1 aromatic rings. The summed E-state index contributed by atoms with van der Waals surface area (Å²) in [6.45, 7) is 7.31. The zero-order valence-corrected chi connectivity index (χ0v) is 10.9. The standard InChI is InChI=1S/C15H18O3/c1-11(2)15(17)18-10-4-5-14(16)13-8-6-12(3)7-9-13/h6-9H,1,4-5,10H2,2-3H3. The van der Waals surface area contributed by atoms with Gasteiger partial charge < -0.3 is 4.74 Å². The minimum atomic E-state index is -0.405. The van der Waals surface area contributed by atoms with E-state index in [-0.39, 0.29) is 12.4 Å². The molecular formula is C15H18O3. The van der Waals surface area contributed by atoms with Gasteiger partial charge in [-0.25, -0.2) is 4.79 Å². The van der Waals surface area contributed by atoms with Crippen molar-refractivity contribution in [2.75, 3.05) is 6.61 Å². The largest absolute Gasteiger partial charge is 0.462 e. The van der Waals surface area contributed by atoms with E-state index in [4.69, 9.17) is 4.74 Å². The first-order chi connectivity index (χ1) is 8.50. The van der Waals surface area contributed by atoms with Crippen LogP contribution in [0.1, 0.15) is 35.7 Å². The molecule has 1 aromatic carbocycles. The summed E-state index contributed by atoms with van der Waals surface area (Å²) in [5, 5.41) is 0. The van der Waals surface area contributed by atoms with E-state index in [0.29, 0.717) is 24.0 Å². The second kappa shape index (κ2) is 6.74.